The van der Waals surface area contributed by atoms with Gasteiger partial charge in [-0.25, -0.2) is 0 Å². The number of aryl methyl sites for hydroxylation is 1. The number of carbonyl (C=O) groups is 2. The van der Waals surface area contributed by atoms with Crippen LogP contribution < -0.4 is 14.4 Å². The highest BCUT2D eigenvalue weighted by Crippen LogP contribution is 2.43. The van der Waals surface area contributed by atoms with Crippen LogP contribution in [0.3, 0.4) is 0 Å². The van der Waals surface area contributed by atoms with Crippen LogP contribution in [0.5, 0.6) is 17.2 Å². The van der Waals surface area contributed by atoms with Gasteiger partial charge in [-0.1, -0.05) is 41.7 Å². The highest BCUT2D eigenvalue weighted by Gasteiger charge is 2.48. The molecule has 2 heterocycles. The predicted octanol–water partition coefficient (Wildman–Crippen LogP) is 5.27. The number of carbonyl (C=O) groups excluding carboxylic acids is 2. The fourth-order valence-corrected chi connectivity index (χ4v) is 4.72. The number of ketones is 1. The molecule has 1 amide bonds. The highest BCUT2D eigenvalue weighted by molar-refractivity contribution is 7.15. The summed E-state index contributed by atoms with van der Waals surface area (Å²) in [4.78, 5) is 27.8. The van der Waals surface area contributed by atoms with Gasteiger partial charge < -0.3 is 14.6 Å². The second kappa shape index (κ2) is 9.63. The van der Waals surface area contributed by atoms with Crippen LogP contribution in [0.4, 0.5) is 5.13 Å². The molecule has 1 saturated heterocycles. The molecule has 5 rings (SSSR count). The van der Waals surface area contributed by atoms with E-state index in [1.165, 1.54) is 23.3 Å². The van der Waals surface area contributed by atoms with Gasteiger partial charge in [-0.3, -0.25) is 14.5 Å². The molecule has 8 nitrogen and oxygen atoms in total. The molecule has 0 bridgehead atoms. The molecular formula is C27H21N3O5S. The van der Waals surface area contributed by atoms with Gasteiger partial charge in [0.05, 0.1) is 18.7 Å². The number of ether oxygens (including phenoxy) is 2. The first-order valence-corrected chi connectivity index (χ1v) is 11.9. The minimum atomic E-state index is -0.932. The van der Waals surface area contributed by atoms with Crippen LogP contribution in [-0.2, 0) is 9.59 Å². The molecule has 1 aliphatic heterocycles. The molecule has 4 aromatic rings. The maximum atomic E-state index is 13.3. The van der Waals surface area contributed by atoms with Crippen molar-refractivity contribution in [3.05, 3.63) is 101 Å². The molecule has 0 saturated carbocycles. The van der Waals surface area contributed by atoms with Crippen molar-refractivity contribution in [3.8, 4) is 17.2 Å². The number of hydrogen-bond donors (Lipinski definition) is 1. The average Bonchev–Trinajstić information content (AvgIpc) is 3.44. The summed E-state index contributed by atoms with van der Waals surface area (Å²) in [7, 11) is 1.54. The Morgan fingerprint density at radius 1 is 0.917 bits per heavy atom. The third-order valence-corrected chi connectivity index (χ3v) is 6.52. The molecule has 0 radical (unpaired) electrons. The fraction of sp³-hybridized carbons (Fsp3) is 0.111. The van der Waals surface area contributed by atoms with Crippen LogP contribution in [0.2, 0.25) is 0 Å². The van der Waals surface area contributed by atoms with E-state index in [1.54, 1.807) is 55.5 Å². The topological polar surface area (TPSA) is 102 Å². The monoisotopic (exact) mass is 499 g/mol. The van der Waals surface area contributed by atoms with Crippen LogP contribution in [0.1, 0.15) is 22.2 Å². The van der Waals surface area contributed by atoms with Crippen LogP contribution in [0.25, 0.3) is 5.76 Å². The molecule has 1 N–H and O–H groups in total. The lowest BCUT2D eigenvalue weighted by molar-refractivity contribution is -0.132. The Hall–Kier alpha value is -4.50. The van der Waals surface area contributed by atoms with Crippen LogP contribution in [-0.4, -0.2) is 34.1 Å². The fourth-order valence-electron chi connectivity index (χ4n) is 4.01. The van der Waals surface area contributed by atoms with E-state index in [1.807, 2.05) is 30.3 Å². The number of amides is 1. The van der Waals surface area contributed by atoms with E-state index in [0.717, 1.165) is 0 Å². The van der Waals surface area contributed by atoms with E-state index in [9.17, 15) is 14.7 Å². The van der Waals surface area contributed by atoms with Crippen molar-refractivity contribution in [2.75, 3.05) is 12.0 Å². The van der Waals surface area contributed by atoms with E-state index in [0.29, 0.717) is 33.4 Å². The maximum absolute atomic E-state index is 13.3. The molecule has 1 atom stereocenters. The van der Waals surface area contributed by atoms with Crippen molar-refractivity contribution < 1.29 is 24.2 Å². The molecule has 180 valence electrons. The lowest BCUT2D eigenvalue weighted by Crippen LogP contribution is -2.29. The second-order valence-electron chi connectivity index (χ2n) is 7.99. The molecule has 1 aliphatic rings. The summed E-state index contributed by atoms with van der Waals surface area (Å²) < 4.78 is 11.2. The first-order chi connectivity index (χ1) is 17.5. The van der Waals surface area contributed by atoms with Crippen molar-refractivity contribution in [2.45, 2.75) is 13.0 Å². The van der Waals surface area contributed by atoms with Crippen molar-refractivity contribution in [2.24, 2.45) is 0 Å². The number of methoxy groups -OCH3 is 1. The van der Waals surface area contributed by atoms with Gasteiger partial charge in [0.15, 0.2) is 0 Å². The normalized spacial score (nSPS) is 16.8. The standard InChI is InChI=1S/C27H21N3O5S/c1-16-28-29-27(36-16)30-23(18-7-6-10-21(15-18)35-20-8-4-3-5-9-20)22(25(32)26(30)33)24(31)17-11-13-19(34-2)14-12-17/h3-15,23,31H,1-2H3/b24-22+/t23-/m0/s1. The number of benzene rings is 3. The molecule has 1 aromatic heterocycles. The van der Waals surface area contributed by atoms with Crippen molar-refractivity contribution in [1.82, 2.24) is 10.2 Å². The first kappa shape index (κ1) is 23.3. The summed E-state index contributed by atoms with van der Waals surface area (Å²) in [6.45, 7) is 1.76. The third-order valence-electron chi connectivity index (χ3n) is 5.68. The number of nitrogens with zero attached hydrogens (tertiary/aromatic N) is 3. The quantitative estimate of drug-likeness (QED) is 0.219. The van der Waals surface area contributed by atoms with E-state index in [2.05, 4.69) is 10.2 Å². The molecule has 0 unspecified atom stereocenters. The van der Waals surface area contributed by atoms with Gasteiger partial charge >= 0.3 is 5.91 Å². The Balaban J connectivity index is 1.64. The smallest absolute Gasteiger partial charge is 0.301 e. The number of aliphatic hydroxyl groups excluding tert-OH is 1. The molecule has 1 fully saturated rings. The van der Waals surface area contributed by atoms with E-state index in [-0.39, 0.29) is 16.5 Å². The summed E-state index contributed by atoms with van der Waals surface area (Å²) in [6, 6.07) is 22.0. The van der Waals surface area contributed by atoms with E-state index < -0.39 is 17.7 Å². The second-order valence-corrected chi connectivity index (χ2v) is 9.15. The van der Waals surface area contributed by atoms with Gasteiger partial charge in [0.1, 0.15) is 28.0 Å². The van der Waals surface area contributed by atoms with E-state index in [4.69, 9.17) is 9.47 Å². The zero-order chi connectivity index (χ0) is 25.2. The lowest BCUT2D eigenvalue weighted by Gasteiger charge is -2.23. The molecule has 36 heavy (non-hydrogen) atoms. The summed E-state index contributed by atoms with van der Waals surface area (Å²) in [6.07, 6.45) is 0. The maximum Gasteiger partial charge on any atom is 0.301 e. The number of hydrogen-bond acceptors (Lipinski definition) is 8. The van der Waals surface area contributed by atoms with Crippen LogP contribution >= 0.6 is 11.3 Å². The lowest BCUT2D eigenvalue weighted by atomic mass is 9.95. The molecule has 3 aromatic carbocycles. The number of anilines is 1. The number of rotatable bonds is 6. The Morgan fingerprint density at radius 2 is 1.64 bits per heavy atom. The SMILES string of the molecule is COc1ccc(/C(O)=C2\C(=O)C(=O)N(c3nnc(C)s3)[C@H]2c2cccc(Oc3ccccc3)c2)cc1. The summed E-state index contributed by atoms with van der Waals surface area (Å²) in [5.74, 6) is -0.141. The van der Waals surface area contributed by atoms with Gasteiger partial charge in [0, 0.05) is 5.56 Å². The summed E-state index contributed by atoms with van der Waals surface area (Å²) in [5.41, 5.74) is 0.907. The number of para-hydroxylation sites is 1. The van der Waals surface area contributed by atoms with Crippen LogP contribution in [0, 0.1) is 6.92 Å². The Kier molecular flexibility index (Phi) is 6.22. The molecule has 9 heteroatoms. The Labute approximate surface area is 211 Å². The largest absolute Gasteiger partial charge is 0.507 e. The third kappa shape index (κ3) is 4.32. The molecular weight excluding hydrogens is 478 g/mol. The number of aliphatic hydroxyl groups is 1. The molecule has 0 spiro atoms. The zero-order valence-electron chi connectivity index (χ0n) is 19.4. The van der Waals surface area contributed by atoms with Gasteiger partial charge in [-0.15, -0.1) is 10.2 Å². The highest BCUT2D eigenvalue weighted by atomic mass is 32.1. The van der Waals surface area contributed by atoms with Gasteiger partial charge in [-0.2, -0.15) is 0 Å². The van der Waals surface area contributed by atoms with Gasteiger partial charge in [0.25, 0.3) is 5.78 Å². The van der Waals surface area contributed by atoms with Gasteiger partial charge in [-0.05, 0) is 61.0 Å². The minimum absolute atomic E-state index is 0.0464. The zero-order valence-corrected chi connectivity index (χ0v) is 20.2. The Morgan fingerprint density at radius 3 is 2.31 bits per heavy atom. The molecule has 0 aliphatic carbocycles. The van der Waals surface area contributed by atoms with E-state index >= 15 is 0 Å². The summed E-state index contributed by atoms with van der Waals surface area (Å²) >= 11 is 1.19. The van der Waals surface area contributed by atoms with Crippen molar-refractivity contribution in [3.63, 3.8) is 0 Å². The van der Waals surface area contributed by atoms with Gasteiger partial charge in [0.2, 0.25) is 5.13 Å². The van der Waals surface area contributed by atoms with Crippen molar-refractivity contribution >= 4 is 33.9 Å². The number of aromatic nitrogens is 2. The van der Waals surface area contributed by atoms with Crippen LogP contribution in [0.15, 0.2) is 84.4 Å². The minimum Gasteiger partial charge on any atom is -0.507 e. The summed E-state index contributed by atoms with van der Waals surface area (Å²) in [5, 5.41) is 20.3. The Bertz CT molecular complexity index is 1460. The predicted molar refractivity (Wildman–Crippen MR) is 135 cm³/mol. The first-order valence-electron chi connectivity index (χ1n) is 11.0. The average molecular weight is 500 g/mol. The van der Waals surface area contributed by atoms with Crippen molar-refractivity contribution in [1.29, 1.82) is 0 Å². The number of Topliss-reactive ketones (excluding diaryl/α,β-unsaturated/α-hetero) is 1.